The van der Waals surface area contributed by atoms with Gasteiger partial charge in [0.25, 0.3) is 0 Å². The van der Waals surface area contributed by atoms with Crippen LogP contribution < -0.4 is 0 Å². The van der Waals surface area contributed by atoms with Gasteiger partial charge in [-0.2, -0.15) is 0 Å². The molecule has 0 saturated heterocycles. The number of hydrogen-bond acceptors (Lipinski definition) is 4. The van der Waals surface area contributed by atoms with Crippen LogP contribution in [-0.2, 0) is 19.1 Å². The van der Waals surface area contributed by atoms with Gasteiger partial charge >= 0.3 is 11.9 Å². The predicted octanol–water partition coefficient (Wildman–Crippen LogP) is 4.61. The average Bonchev–Trinajstić information content (AvgIpc) is 2.41. The molecule has 4 nitrogen and oxygen atoms in total. The monoisotopic (exact) mass is 328 g/mol. The number of esters is 2. The second-order valence-electron chi connectivity index (χ2n) is 8.35. The first-order valence-corrected chi connectivity index (χ1v) is 8.74. The van der Waals surface area contributed by atoms with Crippen molar-refractivity contribution in [3.63, 3.8) is 0 Å². The highest BCUT2D eigenvalue weighted by molar-refractivity contribution is 5.82. The fourth-order valence-electron chi connectivity index (χ4n) is 2.48. The van der Waals surface area contributed by atoms with Crippen molar-refractivity contribution < 1.29 is 19.1 Å². The van der Waals surface area contributed by atoms with Gasteiger partial charge in [0.05, 0.1) is 12.0 Å². The van der Waals surface area contributed by atoms with Gasteiger partial charge in [0.15, 0.2) is 0 Å². The minimum atomic E-state index is -0.825. The predicted molar refractivity (Wildman–Crippen MR) is 93.0 cm³/mol. The van der Waals surface area contributed by atoms with E-state index in [0.717, 1.165) is 12.8 Å². The lowest BCUT2D eigenvalue weighted by Gasteiger charge is -2.35. The molecule has 0 radical (unpaired) electrons. The van der Waals surface area contributed by atoms with Crippen molar-refractivity contribution in [3.8, 4) is 0 Å². The summed E-state index contributed by atoms with van der Waals surface area (Å²) in [5.74, 6) is -0.691. The van der Waals surface area contributed by atoms with Gasteiger partial charge in [0.1, 0.15) is 0 Å². The molecule has 0 N–H and O–H groups in total. The quantitative estimate of drug-likeness (QED) is 0.611. The molecule has 0 saturated carbocycles. The topological polar surface area (TPSA) is 52.6 Å². The van der Waals surface area contributed by atoms with Crippen LogP contribution in [0.4, 0.5) is 0 Å². The molecule has 0 aliphatic carbocycles. The lowest BCUT2D eigenvalue weighted by Crippen LogP contribution is -2.42. The van der Waals surface area contributed by atoms with Crippen LogP contribution in [0.2, 0.25) is 0 Å². The van der Waals surface area contributed by atoms with E-state index < -0.39 is 17.5 Å². The number of hydrogen-bond donors (Lipinski definition) is 0. The third-order valence-electron chi connectivity index (χ3n) is 4.59. The summed E-state index contributed by atoms with van der Waals surface area (Å²) in [6.07, 6.45) is 0.825. The molecule has 0 aliphatic rings. The Bertz CT molecular complexity index is 393. The van der Waals surface area contributed by atoms with Gasteiger partial charge in [-0.05, 0) is 44.9 Å². The molecule has 0 rings (SSSR count). The first-order valence-electron chi connectivity index (χ1n) is 8.74. The molecule has 0 aromatic carbocycles. The highest BCUT2D eigenvalue weighted by atomic mass is 16.6. The van der Waals surface area contributed by atoms with Crippen LogP contribution in [0.1, 0.15) is 75.2 Å². The molecular weight excluding hydrogens is 292 g/mol. The first kappa shape index (κ1) is 21.9. The molecular formula is C19H36O4. The first-order chi connectivity index (χ1) is 10.4. The van der Waals surface area contributed by atoms with Gasteiger partial charge < -0.3 is 9.47 Å². The Morgan fingerprint density at radius 1 is 1.00 bits per heavy atom. The second kappa shape index (κ2) is 8.70. The Morgan fingerprint density at radius 3 is 1.91 bits per heavy atom. The molecule has 0 amide bonds. The Morgan fingerprint density at radius 2 is 1.52 bits per heavy atom. The Balaban J connectivity index is 5.12. The summed E-state index contributed by atoms with van der Waals surface area (Å²) >= 11 is 0. The maximum Gasteiger partial charge on any atom is 0.347 e. The van der Waals surface area contributed by atoms with Crippen LogP contribution in [-0.4, -0.2) is 24.6 Å². The van der Waals surface area contributed by atoms with Crippen LogP contribution in [0, 0.1) is 22.7 Å². The number of ether oxygens (including phenoxy) is 2. The summed E-state index contributed by atoms with van der Waals surface area (Å²) < 4.78 is 10.7. The van der Waals surface area contributed by atoms with E-state index in [1.54, 1.807) is 6.92 Å². The van der Waals surface area contributed by atoms with Crippen LogP contribution >= 0.6 is 0 Å². The van der Waals surface area contributed by atoms with Gasteiger partial charge in [-0.15, -0.1) is 0 Å². The van der Waals surface area contributed by atoms with Crippen molar-refractivity contribution in [1.82, 2.24) is 0 Å². The van der Waals surface area contributed by atoms with Crippen molar-refractivity contribution in [3.05, 3.63) is 0 Å². The molecule has 0 aromatic heterocycles. The fraction of sp³-hybridized carbons (Fsp3) is 0.895. The molecule has 0 bridgehead atoms. The number of carbonyl (C=O) groups is 2. The largest absolute Gasteiger partial charge is 0.463 e. The summed E-state index contributed by atoms with van der Waals surface area (Å²) in [4.78, 5) is 24.8. The zero-order valence-corrected chi connectivity index (χ0v) is 16.5. The second-order valence-corrected chi connectivity index (χ2v) is 8.35. The van der Waals surface area contributed by atoms with Crippen molar-refractivity contribution in [2.45, 2.75) is 81.3 Å². The van der Waals surface area contributed by atoms with Gasteiger partial charge in [-0.1, -0.05) is 41.5 Å². The van der Waals surface area contributed by atoms with Crippen molar-refractivity contribution in [1.29, 1.82) is 0 Å². The van der Waals surface area contributed by atoms with Gasteiger partial charge in [-0.3, -0.25) is 4.79 Å². The molecule has 0 aromatic rings. The van der Waals surface area contributed by atoms with E-state index >= 15 is 0 Å². The number of carbonyl (C=O) groups excluding carboxylic acids is 2. The summed E-state index contributed by atoms with van der Waals surface area (Å²) in [6.45, 7) is 18.2. The van der Waals surface area contributed by atoms with E-state index in [9.17, 15) is 9.59 Å². The molecule has 0 spiro atoms. The van der Waals surface area contributed by atoms with E-state index in [0.29, 0.717) is 0 Å². The molecule has 4 heteroatoms. The molecule has 3 unspecified atom stereocenters. The van der Waals surface area contributed by atoms with E-state index in [2.05, 4.69) is 27.7 Å². The summed E-state index contributed by atoms with van der Waals surface area (Å²) in [5, 5.41) is 0. The Kier molecular flexibility index (Phi) is 8.30. The van der Waals surface area contributed by atoms with Gasteiger partial charge in [0.2, 0.25) is 6.10 Å². The van der Waals surface area contributed by atoms with E-state index in [4.69, 9.17) is 9.47 Å². The molecule has 3 atom stereocenters. The minimum absolute atomic E-state index is 0.0632. The lowest BCUT2D eigenvalue weighted by molar-refractivity contribution is -0.179. The van der Waals surface area contributed by atoms with Crippen molar-refractivity contribution >= 4 is 11.9 Å². The normalized spacial score (nSPS) is 16.4. The van der Waals surface area contributed by atoms with Crippen LogP contribution in [0.3, 0.4) is 0 Å². The van der Waals surface area contributed by atoms with Crippen LogP contribution in [0.25, 0.3) is 0 Å². The minimum Gasteiger partial charge on any atom is -0.463 e. The highest BCUT2D eigenvalue weighted by Crippen LogP contribution is 2.37. The van der Waals surface area contributed by atoms with Gasteiger partial charge in [-0.25, -0.2) is 4.79 Å². The zero-order valence-electron chi connectivity index (χ0n) is 16.5. The third kappa shape index (κ3) is 6.92. The standard InChI is InChI=1S/C19H36O4/c1-10-13(3)15(16(20)22-11-2)23-17(21)19(8,9)14(4)12-18(5,6)7/h13-15H,10-12H2,1-9H3. The zero-order chi connectivity index (χ0) is 18.4. The average molecular weight is 328 g/mol. The van der Waals surface area contributed by atoms with Gasteiger partial charge in [0, 0.05) is 5.92 Å². The van der Waals surface area contributed by atoms with Crippen LogP contribution in [0.15, 0.2) is 0 Å². The maximum absolute atomic E-state index is 12.7. The SMILES string of the molecule is CCOC(=O)C(OC(=O)C(C)(C)C(C)CC(C)(C)C)C(C)CC. The molecule has 0 fully saturated rings. The van der Waals surface area contributed by atoms with E-state index in [1.807, 2.05) is 27.7 Å². The van der Waals surface area contributed by atoms with E-state index in [1.165, 1.54) is 0 Å². The Hall–Kier alpha value is -1.06. The summed E-state index contributed by atoms with van der Waals surface area (Å²) in [6, 6.07) is 0. The molecule has 0 aliphatic heterocycles. The maximum atomic E-state index is 12.7. The fourth-order valence-corrected chi connectivity index (χ4v) is 2.48. The molecule has 136 valence electrons. The van der Waals surface area contributed by atoms with Crippen molar-refractivity contribution in [2.24, 2.45) is 22.7 Å². The summed E-state index contributed by atoms with van der Waals surface area (Å²) in [7, 11) is 0. The lowest BCUT2D eigenvalue weighted by atomic mass is 9.72. The Labute approximate surface area is 142 Å². The molecule has 23 heavy (non-hydrogen) atoms. The third-order valence-corrected chi connectivity index (χ3v) is 4.59. The van der Waals surface area contributed by atoms with Crippen LogP contribution in [0.5, 0.6) is 0 Å². The van der Waals surface area contributed by atoms with Crippen molar-refractivity contribution in [2.75, 3.05) is 6.61 Å². The molecule has 0 heterocycles. The highest BCUT2D eigenvalue weighted by Gasteiger charge is 2.40. The summed E-state index contributed by atoms with van der Waals surface area (Å²) in [5.41, 5.74) is -0.514. The number of rotatable bonds is 8. The smallest absolute Gasteiger partial charge is 0.347 e. The van der Waals surface area contributed by atoms with E-state index in [-0.39, 0.29) is 29.8 Å².